The zero-order valence-corrected chi connectivity index (χ0v) is 21.5. The Labute approximate surface area is 210 Å². The van der Waals surface area contributed by atoms with E-state index in [0.717, 1.165) is 41.4 Å². The molecule has 0 saturated heterocycles. The highest BCUT2D eigenvalue weighted by Crippen LogP contribution is 2.49. The van der Waals surface area contributed by atoms with Crippen LogP contribution in [0.25, 0.3) is 0 Å². The van der Waals surface area contributed by atoms with Crippen molar-refractivity contribution in [2.75, 3.05) is 39.4 Å². The summed E-state index contributed by atoms with van der Waals surface area (Å²) in [5, 5.41) is 0.980. The minimum atomic E-state index is 0.195. The third-order valence-electron chi connectivity index (χ3n) is 5.89. The Morgan fingerprint density at radius 1 is 0.971 bits per heavy atom. The second kappa shape index (κ2) is 11.2. The molecule has 1 heterocycles. The molecule has 4 rings (SSSR count). The maximum atomic E-state index is 6.51. The molecule has 1 aliphatic rings. The molecule has 5 nitrogen and oxygen atoms in total. The summed E-state index contributed by atoms with van der Waals surface area (Å²) in [5.41, 5.74) is 3.43. The van der Waals surface area contributed by atoms with Gasteiger partial charge in [0.25, 0.3) is 0 Å². The highest BCUT2D eigenvalue weighted by atomic mass is 35.5. The van der Waals surface area contributed by atoms with E-state index in [1.54, 1.807) is 21.3 Å². The van der Waals surface area contributed by atoms with Crippen molar-refractivity contribution in [3.8, 4) is 23.0 Å². The zero-order chi connectivity index (χ0) is 24.1. The number of anilines is 1. The first-order valence-corrected chi connectivity index (χ1v) is 12.6. The number of methoxy groups -OCH3 is 3. The van der Waals surface area contributed by atoms with Gasteiger partial charge in [0, 0.05) is 28.3 Å². The number of fused-ring (bicyclic) bond motifs is 1. The predicted molar refractivity (Wildman–Crippen MR) is 139 cm³/mol. The van der Waals surface area contributed by atoms with Crippen molar-refractivity contribution in [1.29, 1.82) is 0 Å². The van der Waals surface area contributed by atoms with E-state index in [-0.39, 0.29) is 5.25 Å². The van der Waals surface area contributed by atoms with Gasteiger partial charge in [0.2, 0.25) is 5.75 Å². The second-order valence-corrected chi connectivity index (χ2v) is 9.58. The fourth-order valence-electron chi connectivity index (χ4n) is 4.23. The first kappa shape index (κ1) is 24.4. The second-order valence-electron chi connectivity index (χ2n) is 7.93. The molecule has 0 N–H and O–H groups in total. The predicted octanol–water partition coefficient (Wildman–Crippen LogP) is 7.01. The van der Waals surface area contributed by atoms with Crippen LogP contribution in [0, 0.1) is 0 Å². The van der Waals surface area contributed by atoms with E-state index in [1.807, 2.05) is 43.0 Å². The Morgan fingerprint density at radius 2 is 1.71 bits per heavy atom. The lowest BCUT2D eigenvalue weighted by molar-refractivity contribution is 0.323. The molecule has 0 bridgehead atoms. The fourth-order valence-corrected chi connectivity index (χ4v) is 5.73. The molecule has 0 aromatic heterocycles. The summed E-state index contributed by atoms with van der Waals surface area (Å²) in [7, 11) is 4.92. The average molecular weight is 500 g/mol. The van der Waals surface area contributed by atoms with Gasteiger partial charge in [0.05, 0.1) is 33.6 Å². The lowest BCUT2D eigenvalue weighted by Gasteiger charge is -2.25. The van der Waals surface area contributed by atoms with E-state index in [2.05, 4.69) is 35.2 Å². The molecule has 1 atom stereocenters. The van der Waals surface area contributed by atoms with Crippen LogP contribution in [0.3, 0.4) is 0 Å². The van der Waals surface area contributed by atoms with Gasteiger partial charge in [-0.15, -0.1) is 11.8 Å². The van der Waals surface area contributed by atoms with Crippen molar-refractivity contribution >= 4 is 29.1 Å². The van der Waals surface area contributed by atoms with Crippen molar-refractivity contribution < 1.29 is 18.9 Å². The van der Waals surface area contributed by atoms with Crippen molar-refractivity contribution in [3.05, 3.63) is 70.7 Å². The van der Waals surface area contributed by atoms with Gasteiger partial charge < -0.3 is 23.8 Å². The van der Waals surface area contributed by atoms with Crippen LogP contribution in [0.4, 0.5) is 5.69 Å². The van der Waals surface area contributed by atoms with Gasteiger partial charge in [-0.25, -0.2) is 0 Å². The highest BCUT2D eigenvalue weighted by molar-refractivity contribution is 7.99. The molecule has 0 saturated carbocycles. The number of hydrogen-bond acceptors (Lipinski definition) is 6. The largest absolute Gasteiger partial charge is 0.494 e. The van der Waals surface area contributed by atoms with Crippen molar-refractivity contribution in [2.45, 2.75) is 30.0 Å². The van der Waals surface area contributed by atoms with Gasteiger partial charge in [0.15, 0.2) is 11.5 Å². The normalized spacial score (nSPS) is 15.3. The number of nitrogens with zero attached hydrogens (tertiary/aromatic N) is 1. The fraction of sp³-hybridized carbons (Fsp3) is 0.333. The van der Waals surface area contributed by atoms with Crippen LogP contribution >= 0.6 is 23.4 Å². The number of rotatable bonds is 8. The molecule has 180 valence electrons. The molecule has 0 fully saturated rings. The summed E-state index contributed by atoms with van der Waals surface area (Å²) in [6.07, 6.45) is 0.937. The minimum Gasteiger partial charge on any atom is -0.494 e. The standard InChI is InChI=1S/C27H30ClNO4S/c1-5-33-20-10-11-22-26(16-20)34-25(12-13-29(22)17-18-8-6-7-9-21(18)28)19-14-23(30-2)27(32-4)24(15-19)31-3/h6-11,14-16,25H,5,12-13,17H2,1-4H3/t25-/m0/s1. The molecule has 7 heteroatoms. The minimum absolute atomic E-state index is 0.195. The lowest BCUT2D eigenvalue weighted by Crippen LogP contribution is -2.24. The quantitative estimate of drug-likeness (QED) is 0.332. The van der Waals surface area contributed by atoms with E-state index < -0.39 is 0 Å². The Hall–Kier alpha value is -2.70. The molecular weight excluding hydrogens is 470 g/mol. The SMILES string of the molecule is CCOc1ccc2c(c1)S[C@H](c1cc(OC)c(OC)c(OC)c1)CCN2Cc1ccccc1Cl. The van der Waals surface area contributed by atoms with Crippen molar-refractivity contribution in [3.63, 3.8) is 0 Å². The van der Waals surface area contributed by atoms with Gasteiger partial charge in [0.1, 0.15) is 5.75 Å². The Balaban J connectivity index is 1.73. The summed E-state index contributed by atoms with van der Waals surface area (Å²) in [6, 6.07) is 18.5. The Morgan fingerprint density at radius 3 is 2.35 bits per heavy atom. The molecule has 0 radical (unpaired) electrons. The Kier molecular flexibility index (Phi) is 8.01. The van der Waals surface area contributed by atoms with Gasteiger partial charge in [-0.05, 0) is 60.9 Å². The summed E-state index contributed by atoms with van der Waals surface area (Å²) in [5.74, 6) is 2.81. The molecule has 0 spiro atoms. The van der Waals surface area contributed by atoms with Gasteiger partial charge >= 0.3 is 0 Å². The molecule has 0 amide bonds. The van der Waals surface area contributed by atoms with Crippen LogP contribution < -0.4 is 23.8 Å². The van der Waals surface area contributed by atoms with Crippen molar-refractivity contribution in [1.82, 2.24) is 0 Å². The summed E-state index contributed by atoms with van der Waals surface area (Å²) < 4.78 is 22.6. The number of ether oxygens (including phenoxy) is 4. The molecule has 3 aromatic rings. The smallest absolute Gasteiger partial charge is 0.203 e. The molecule has 3 aromatic carbocycles. The van der Waals surface area contributed by atoms with Crippen LogP contribution in [0.1, 0.15) is 29.7 Å². The van der Waals surface area contributed by atoms with Crippen LogP contribution in [-0.2, 0) is 6.54 Å². The number of benzene rings is 3. The van der Waals surface area contributed by atoms with Gasteiger partial charge in [-0.2, -0.15) is 0 Å². The number of halogens is 1. The molecule has 0 unspecified atom stereocenters. The molecule has 0 aliphatic carbocycles. The van der Waals surface area contributed by atoms with E-state index in [1.165, 1.54) is 10.6 Å². The third kappa shape index (κ3) is 5.18. The molecular formula is C27H30ClNO4S. The van der Waals surface area contributed by atoms with Crippen LogP contribution in [0.15, 0.2) is 59.5 Å². The monoisotopic (exact) mass is 499 g/mol. The number of hydrogen-bond donors (Lipinski definition) is 0. The molecule has 1 aliphatic heterocycles. The first-order valence-electron chi connectivity index (χ1n) is 11.3. The van der Waals surface area contributed by atoms with E-state index in [4.69, 9.17) is 30.5 Å². The zero-order valence-electron chi connectivity index (χ0n) is 20.0. The Bertz CT molecular complexity index is 1110. The van der Waals surface area contributed by atoms with E-state index in [0.29, 0.717) is 23.9 Å². The summed E-state index contributed by atoms with van der Waals surface area (Å²) in [6.45, 7) is 4.24. The topological polar surface area (TPSA) is 40.2 Å². The highest BCUT2D eigenvalue weighted by Gasteiger charge is 2.26. The molecule has 34 heavy (non-hydrogen) atoms. The van der Waals surface area contributed by atoms with E-state index in [9.17, 15) is 0 Å². The van der Waals surface area contributed by atoms with Gasteiger partial charge in [-0.1, -0.05) is 29.8 Å². The summed E-state index contributed by atoms with van der Waals surface area (Å²) >= 11 is 8.34. The average Bonchev–Trinajstić information content (AvgIpc) is 3.03. The third-order valence-corrected chi connectivity index (χ3v) is 7.63. The number of thioether (sulfide) groups is 1. The van der Waals surface area contributed by atoms with Crippen molar-refractivity contribution in [2.24, 2.45) is 0 Å². The van der Waals surface area contributed by atoms with Gasteiger partial charge in [-0.3, -0.25) is 0 Å². The maximum absolute atomic E-state index is 6.51. The first-order chi connectivity index (χ1) is 16.6. The van der Waals surface area contributed by atoms with Crippen LogP contribution in [0.2, 0.25) is 5.02 Å². The maximum Gasteiger partial charge on any atom is 0.203 e. The van der Waals surface area contributed by atoms with E-state index >= 15 is 0 Å². The lowest BCUT2D eigenvalue weighted by atomic mass is 10.1. The summed E-state index contributed by atoms with van der Waals surface area (Å²) in [4.78, 5) is 3.58. The van der Waals surface area contributed by atoms with Crippen LogP contribution in [-0.4, -0.2) is 34.5 Å². The van der Waals surface area contributed by atoms with Crippen LogP contribution in [0.5, 0.6) is 23.0 Å².